The van der Waals surface area contributed by atoms with Gasteiger partial charge in [-0.25, -0.2) is 4.79 Å². The molecule has 7 nitrogen and oxygen atoms in total. The van der Waals surface area contributed by atoms with Gasteiger partial charge in [0.2, 0.25) is 5.91 Å². The van der Waals surface area contributed by atoms with Gasteiger partial charge in [0, 0.05) is 18.8 Å². The number of carboxylic acid groups (broad SMARTS) is 1. The first-order valence-corrected chi connectivity index (χ1v) is 7.44. The molecule has 3 amide bonds. The van der Waals surface area contributed by atoms with E-state index in [1.165, 1.54) is 0 Å². The van der Waals surface area contributed by atoms with E-state index in [-0.39, 0.29) is 25.0 Å². The molecule has 7 heteroatoms. The Labute approximate surface area is 134 Å². The molecule has 0 spiro atoms. The summed E-state index contributed by atoms with van der Waals surface area (Å²) in [5.74, 6) is -2.39. The van der Waals surface area contributed by atoms with Crippen molar-refractivity contribution in [2.45, 2.75) is 13.8 Å². The van der Waals surface area contributed by atoms with Crippen molar-refractivity contribution in [3.63, 3.8) is 0 Å². The van der Waals surface area contributed by atoms with Crippen LogP contribution in [0.3, 0.4) is 0 Å². The van der Waals surface area contributed by atoms with Gasteiger partial charge in [0.25, 0.3) is 0 Å². The summed E-state index contributed by atoms with van der Waals surface area (Å²) >= 11 is 0. The number of rotatable bonds is 6. The third kappa shape index (κ3) is 4.00. The molecule has 0 aromatic heterocycles. The number of anilines is 1. The van der Waals surface area contributed by atoms with E-state index in [2.05, 4.69) is 16.0 Å². The quantitative estimate of drug-likeness (QED) is 0.592. The van der Waals surface area contributed by atoms with Gasteiger partial charge in [0.05, 0.1) is 11.8 Å². The molecule has 2 atom stereocenters. The molecule has 1 aromatic carbocycles. The van der Waals surface area contributed by atoms with Crippen LogP contribution in [0.1, 0.15) is 13.8 Å². The maximum absolute atomic E-state index is 12.0. The molecule has 0 saturated heterocycles. The van der Waals surface area contributed by atoms with E-state index < -0.39 is 23.2 Å². The Hall–Kier alpha value is -2.57. The van der Waals surface area contributed by atoms with E-state index in [1.807, 2.05) is 18.2 Å². The second kappa shape index (κ2) is 6.68. The monoisotopic (exact) mass is 319 g/mol. The van der Waals surface area contributed by atoms with E-state index in [9.17, 15) is 14.4 Å². The summed E-state index contributed by atoms with van der Waals surface area (Å²) in [6, 6.07) is 8.65. The fourth-order valence-corrected chi connectivity index (χ4v) is 2.76. The summed E-state index contributed by atoms with van der Waals surface area (Å²) in [5.41, 5.74) is 0.159. The molecule has 0 bridgehead atoms. The highest BCUT2D eigenvalue weighted by molar-refractivity contribution is 5.92. The minimum absolute atomic E-state index is 0.250. The molecule has 1 saturated carbocycles. The predicted molar refractivity (Wildman–Crippen MR) is 84.9 cm³/mol. The molecule has 2 rings (SSSR count). The van der Waals surface area contributed by atoms with Gasteiger partial charge in [-0.15, -0.1) is 0 Å². The lowest BCUT2D eigenvalue weighted by Gasteiger charge is -2.09. The highest BCUT2D eigenvalue weighted by Crippen LogP contribution is 2.58. The van der Waals surface area contributed by atoms with Gasteiger partial charge < -0.3 is 21.1 Å². The number of nitrogens with one attached hydrogen (secondary N) is 3. The molecule has 1 aliphatic rings. The number of amides is 3. The summed E-state index contributed by atoms with van der Waals surface area (Å²) in [5, 5.41) is 17.0. The van der Waals surface area contributed by atoms with Crippen LogP contribution >= 0.6 is 0 Å². The van der Waals surface area contributed by atoms with Gasteiger partial charge in [-0.2, -0.15) is 0 Å². The van der Waals surface area contributed by atoms with Crippen LogP contribution in [-0.2, 0) is 9.59 Å². The number of carboxylic acids is 1. The Kier molecular flexibility index (Phi) is 4.88. The van der Waals surface area contributed by atoms with Crippen LogP contribution in [0.5, 0.6) is 0 Å². The number of hydrogen-bond donors (Lipinski definition) is 4. The average Bonchev–Trinajstić information content (AvgIpc) is 3.07. The van der Waals surface area contributed by atoms with Crippen molar-refractivity contribution in [1.29, 1.82) is 0 Å². The van der Waals surface area contributed by atoms with Crippen molar-refractivity contribution in [3.05, 3.63) is 30.3 Å². The van der Waals surface area contributed by atoms with Crippen LogP contribution < -0.4 is 16.0 Å². The molecule has 0 unspecified atom stereocenters. The first-order valence-electron chi connectivity index (χ1n) is 7.44. The zero-order chi connectivity index (χ0) is 17.0. The Balaban J connectivity index is 1.67. The normalized spacial score (nSPS) is 21.1. The van der Waals surface area contributed by atoms with Gasteiger partial charge in [-0.1, -0.05) is 32.0 Å². The smallest absolute Gasteiger partial charge is 0.319 e. The second-order valence-electron chi connectivity index (χ2n) is 6.15. The van der Waals surface area contributed by atoms with Gasteiger partial charge in [0.1, 0.15) is 0 Å². The molecule has 1 fully saturated rings. The van der Waals surface area contributed by atoms with Gasteiger partial charge >= 0.3 is 12.0 Å². The molecule has 1 aromatic rings. The number of aliphatic carboxylic acids is 1. The fraction of sp³-hybridized carbons (Fsp3) is 0.438. The van der Waals surface area contributed by atoms with E-state index in [1.54, 1.807) is 26.0 Å². The zero-order valence-electron chi connectivity index (χ0n) is 13.1. The van der Waals surface area contributed by atoms with Crippen molar-refractivity contribution in [2.24, 2.45) is 17.3 Å². The van der Waals surface area contributed by atoms with E-state index in [4.69, 9.17) is 5.11 Å². The van der Waals surface area contributed by atoms with Gasteiger partial charge in [0.15, 0.2) is 0 Å². The average molecular weight is 319 g/mol. The molecule has 0 aliphatic heterocycles. The van der Waals surface area contributed by atoms with Crippen LogP contribution in [0.25, 0.3) is 0 Å². The molecule has 1 aliphatic carbocycles. The zero-order valence-corrected chi connectivity index (χ0v) is 13.1. The highest BCUT2D eigenvalue weighted by Gasteiger charge is 2.65. The summed E-state index contributed by atoms with van der Waals surface area (Å²) in [4.78, 5) is 34.6. The minimum Gasteiger partial charge on any atom is -0.481 e. The van der Waals surface area contributed by atoms with E-state index in [0.29, 0.717) is 5.69 Å². The summed E-state index contributed by atoms with van der Waals surface area (Å²) in [7, 11) is 0. The number of urea groups is 1. The summed E-state index contributed by atoms with van der Waals surface area (Å²) in [6.45, 7) is 4.04. The Morgan fingerprint density at radius 1 is 1.04 bits per heavy atom. The molecular weight excluding hydrogens is 298 g/mol. The lowest BCUT2D eigenvalue weighted by atomic mass is 10.1. The second-order valence-corrected chi connectivity index (χ2v) is 6.15. The Morgan fingerprint density at radius 3 is 2.22 bits per heavy atom. The predicted octanol–water partition coefficient (Wildman–Crippen LogP) is 1.28. The molecule has 0 heterocycles. The Bertz CT molecular complexity index is 601. The van der Waals surface area contributed by atoms with Crippen molar-refractivity contribution >= 4 is 23.6 Å². The molecular formula is C16H21N3O4. The van der Waals surface area contributed by atoms with Gasteiger partial charge in [-0.05, 0) is 17.5 Å². The molecule has 124 valence electrons. The van der Waals surface area contributed by atoms with Crippen LogP contribution in [-0.4, -0.2) is 36.1 Å². The first kappa shape index (κ1) is 16.8. The third-order valence-corrected chi connectivity index (χ3v) is 4.12. The lowest BCUT2D eigenvalue weighted by molar-refractivity contribution is -0.140. The standard InChI is InChI=1S/C16H21N3O4/c1-16(2)11(12(16)14(21)22)13(20)17-8-9-18-15(23)19-10-6-4-3-5-7-10/h3-7,11-12H,8-9H2,1-2H3,(H,17,20)(H,21,22)(H2,18,19,23)/t11-,12+/m0/s1. The number of carbonyl (C=O) groups excluding carboxylic acids is 2. The maximum Gasteiger partial charge on any atom is 0.319 e. The van der Waals surface area contributed by atoms with Crippen LogP contribution in [0.15, 0.2) is 30.3 Å². The van der Waals surface area contributed by atoms with Crippen LogP contribution in [0, 0.1) is 17.3 Å². The van der Waals surface area contributed by atoms with E-state index >= 15 is 0 Å². The van der Waals surface area contributed by atoms with Crippen molar-refractivity contribution < 1.29 is 19.5 Å². The molecule has 4 N–H and O–H groups in total. The highest BCUT2D eigenvalue weighted by atomic mass is 16.4. The Morgan fingerprint density at radius 2 is 1.65 bits per heavy atom. The van der Waals surface area contributed by atoms with Crippen molar-refractivity contribution in [1.82, 2.24) is 10.6 Å². The fourth-order valence-electron chi connectivity index (χ4n) is 2.76. The largest absolute Gasteiger partial charge is 0.481 e. The number of para-hydroxylation sites is 1. The SMILES string of the molecule is CC1(C)[C@H](C(=O)NCCNC(=O)Nc2ccccc2)[C@@H]1C(=O)O. The van der Waals surface area contributed by atoms with Crippen molar-refractivity contribution in [3.8, 4) is 0 Å². The maximum atomic E-state index is 12.0. The first-order chi connectivity index (χ1) is 10.8. The lowest BCUT2D eigenvalue weighted by Crippen LogP contribution is -2.37. The third-order valence-electron chi connectivity index (χ3n) is 4.12. The van der Waals surface area contributed by atoms with Crippen molar-refractivity contribution in [2.75, 3.05) is 18.4 Å². The summed E-state index contributed by atoms with van der Waals surface area (Å²) < 4.78 is 0. The van der Waals surface area contributed by atoms with Crippen LogP contribution in [0.2, 0.25) is 0 Å². The molecule has 0 radical (unpaired) electrons. The summed E-state index contributed by atoms with van der Waals surface area (Å²) in [6.07, 6.45) is 0. The number of benzene rings is 1. The van der Waals surface area contributed by atoms with Gasteiger partial charge in [-0.3, -0.25) is 9.59 Å². The van der Waals surface area contributed by atoms with E-state index in [0.717, 1.165) is 0 Å². The number of carbonyl (C=O) groups is 3. The topological polar surface area (TPSA) is 108 Å². The van der Waals surface area contributed by atoms with Crippen LogP contribution in [0.4, 0.5) is 10.5 Å². The molecule has 23 heavy (non-hydrogen) atoms. The number of hydrogen-bond acceptors (Lipinski definition) is 3. The minimum atomic E-state index is -0.949.